The fourth-order valence-corrected chi connectivity index (χ4v) is 3.02. The number of ether oxygens (including phenoxy) is 2. The molecule has 9 nitrogen and oxygen atoms in total. The van der Waals surface area contributed by atoms with Gasteiger partial charge in [-0.1, -0.05) is 30.3 Å². The van der Waals surface area contributed by atoms with Gasteiger partial charge >= 0.3 is 12.1 Å². The topological polar surface area (TPSA) is 119 Å². The van der Waals surface area contributed by atoms with Gasteiger partial charge in [0.25, 0.3) is 0 Å². The molecule has 2 amide bonds. The van der Waals surface area contributed by atoms with Crippen LogP contribution in [0, 0.1) is 0 Å². The van der Waals surface area contributed by atoms with E-state index in [0.29, 0.717) is 0 Å². The Morgan fingerprint density at radius 1 is 1.13 bits per heavy atom. The Bertz CT molecular complexity index is 832. The lowest BCUT2D eigenvalue weighted by atomic mass is 10.2. The predicted octanol–water partition coefficient (Wildman–Crippen LogP) is 1.52. The molecule has 0 saturated carbocycles. The van der Waals surface area contributed by atoms with Gasteiger partial charge in [-0.2, -0.15) is 0 Å². The van der Waals surface area contributed by atoms with Gasteiger partial charge in [0, 0.05) is 13.3 Å². The normalized spacial score (nSPS) is 12.6. The van der Waals surface area contributed by atoms with Crippen LogP contribution < -0.4 is 5.32 Å². The van der Waals surface area contributed by atoms with E-state index in [0.717, 1.165) is 16.7 Å². The second kappa shape index (κ2) is 11.0. The SMILES string of the molecule is CN(CC(=O)OCc1ccccc1)C(=O)C(CCS(C)(=O)=O)NC(=O)OC(C)(C)C. The molecule has 0 aliphatic carbocycles. The van der Waals surface area contributed by atoms with Crippen LogP contribution in [0.25, 0.3) is 0 Å². The molecule has 0 heterocycles. The molecule has 0 saturated heterocycles. The zero-order chi connectivity index (χ0) is 22.9. The van der Waals surface area contributed by atoms with Crippen LogP contribution in [0.1, 0.15) is 32.8 Å². The number of carbonyl (C=O) groups excluding carboxylic acids is 3. The quantitative estimate of drug-likeness (QED) is 0.576. The lowest BCUT2D eigenvalue weighted by Crippen LogP contribution is -2.50. The molecule has 1 rings (SSSR count). The second-order valence-corrected chi connectivity index (χ2v) is 10.2. The highest BCUT2D eigenvalue weighted by molar-refractivity contribution is 7.90. The van der Waals surface area contributed by atoms with Gasteiger partial charge in [0.1, 0.15) is 34.6 Å². The average Bonchev–Trinajstić information content (AvgIpc) is 2.61. The maximum absolute atomic E-state index is 12.7. The molecule has 1 unspecified atom stereocenters. The number of alkyl carbamates (subject to hydrolysis) is 1. The van der Waals surface area contributed by atoms with Crippen LogP contribution in [0.4, 0.5) is 4.79 Å². The van der Waals surface area contributed by atoms with Crippen LogP contribution in [0.15, 0.2) is 30.3 Å². The van der Waals surface area contributed by atoms with Gasteiger partial charge in [-0.3, -0.25) is 9.59 Å². The van der Waals surface area contributed by atoms with Gasteiger partial charge in [0.15, 0.2) is 0 Å². The van der Waals surface area contributed by atoms with Crippen molar-refractivity contribution in [2.45, 2.75) is 45.4 Å². The van der Waals surface area contributed by atoms with E-state index in [-0.39, 0.29) is 25.3 Å². The van der Waals surface area contributed by atoms with Crippen molar-refractivity contribution in [3.63, 3.8) is 0 Å². The van der Waals surface area contributed by atoms with E-state index >= 15 is 0 Å². The predicted molar refractivity (Wildman–Crippen MR) is 111 cm³/mol. The Balaban J connectivity index is 2.72. The Labute approximate surface area is 177 Å². The molecule has 1 aromatic carbocycles. The molecule has 0 fully saturated rings. The van der Waals surface area contributed by atoms with Crippen LogP contribution >= 0.6 is 0 Å². The number of benzene rings is 1. The summed E-state index contributed by atoms with van der Waals surface area (Å²) >= 11 is 0. The molecule has 0 aromatic heterocycles. The van der Waals surface area contributed by atoms with Gasteiger partial charge in [-0.15, -0.1) is 0 Å². The van der Waals surface area contributed by atoms with Crippen molar-refractivity contribution in [2.24, 2.45) is 0 Å². The first-order valence-corrected chi connectivity index (χ1v) is 11.4. The van der Waals surface area contributed by atoms with Gasteiger partial charge in [0.2, 0.25) is 5.91 Å². The first-order chi connectivity index (χ1) is 13.8. The lowest BCUT2D eigenvalue weighted by Gasteiger charge is -2.26. The molecular weight excluding hydrogens is 412 g/mol. The minimum atomic E-state index is -3.37. The monoisotopic (exact) mass is 442 g/mol. The van der Waals surface area contributed by atoms with Crippen molar-refractivity contribution < 1.29 is 32.3 Å². The van der Waals surface area contributed by atoms with Crippen LogP contribution in [-0.2, 0) is 35.5 Å². The van der Waals surface area contributed by atoms with Crippen molar-refractivity contribution >= 4 is 27.8 Å². The fourth-order valence-electron chi connectivity index (χ4n) is 2.36. The zero-order valence-corrected chi connectivity index (χ0v) is 18.8. The van der Waals surface area contributed by atoms with E-state index in [4.69, 9.17) is 9.47 Å². The van der Waals surface area contributed by atoms with Gasteiger partial charge in [-0.25, -0.2) is 13.2 Å². The molecular formula is C20H30N2O7S. The maximum atomic E-state index is 12.7. The summed E-state index contributed by atoms with van der Waals surface area (Å²) in [6.45, 7) is 4.70. The molecule has 0 spiro atoms. The van der Waals surface area contributed by atoms with Crippen LogP contribution in [-0.4, -0.2) is 68.5 Å². The van der Waals surface area contributed by atoms with Crippen molar-refractivity contribution in [1.82, 2.24) is 10.2 Å². The molecule has 10 heteroatoms. The minimum absolute atomic E-state index is 0.0649. The van der Waals surface area contributed by atoms with Gasteiger partial charge < -0.3 is 19.7 Å². The van der Waals surface area contributed by atoms with E-state index in [1.54, 1.807) is 32.9 Å². The third-order valence-corrected chi connectivity index (χ3v) is 4.73. The lowest BCUT2D eigenvalue weighted by molar-refractivity contribution is -0.150. The van der Waals surface area contributed by atoms with Crippen molar-refractivity contribution in [3.05, 3.63) is 35.9 Å². The number of esters is 1. The number of nitrogens with one attached hydrogen (secondary N) is 1. The van der Waals surface area contributed by atoms with E-state index in [2.05, 4.69) is 5.32 Å². The molecule has 0 radical (unpaired) electrons. The summed E-state index contributed by atoms with van der Waals surface area (Å²) in [6, 6.07) is 7.90. The summed E-state index contributed by atoms with van der Waals surface area (Å²) in [5.74, 6) is -1.57. The standard InChI is InChI=1S/C20H30N2O7S/c1-20(2,3)29-19(25)21-16(11-12-30(5,26)27)18(24)22(4)13-17(23)28-14-15-9-7-6-8-10-15/h6-10,16H,11-14H2,1-5H3,(H,21,25). The van der Waals surface area contributed by atoms with Crippen LogP contribution in [0.3, 0.4) is 0 Å². The number of nitrogens with zero attached hydrogens (tertiary/aromatic N) is 1. The van der Waals surface area contributed by atoms with Crippen molar-refractivity contribution in [1.29, 1.82) is 0 Å². The van der Waals surface area contributed by atoms with Crippen molar-refractivity contribution in [2.75, 3.05) is 25.6 Å². The zero-order valence-electron chi connectivity index (χ0n) is 18.0. The Morgan fingerprint density at radius 2 is 1.73 bits per heavy atom. The highest BCUT2D eigenvalue weighted by Gasteiger charge is 2.28. The van der Waals surface area contributed by atoms with E-state index in [9.17, 15) is 22.8 Å². The molecule has 1 atom stereocenters. The smallest absolute Gasteiger partial charge is 0.408 e. The van der Waals surface area contributed by atoms with Gasteiger partial charge in [-0.05, 0) is 32.8 Å². The molecule has 1 N–H and O–H groups in total. The molecule has 0 aliphatic heterocycles. The number of amides is 2. The van der Waals surface area contributed by atoms with Crippen LogP contribution in [0.2, 0.25) is 0 Å². The third-order valence-electron chi connectivity index (χ3n) is 3.75. The number of likely N-dealkylation sites (N-methyl/N-ethyl adjacent to an activating group) is 1. The average molecular weight is 443 g/mol. The molecule has 0 aliphatic rings. The van der Waals surface area contributed by atoms with Crippen LogP contribution in [0.5, 0.6) is 0 Å². The minimum Gasteiger partial charge on any atom is -0.459 e. The van der Waals surface area contributed by atoms with E-state index in [1.807, 2.05) is 18.2 Å². The van der Waals surface area contributed by atoms with Gasteiger partial charge in [0.05, 0.1) is 5.75 Å². The summed E-state index contributed by atoms with van der Waals surface area (Å²) < 4.78 is 33.3. The Hall–Kier alpha value is -2.62. The number of hydrogen-bond donors (Lipinski definition) is 1. The number of carbonyl (C=O) groups is 3. The first kappa shape index (κ1) is 25.4. The summed E-state index contributed by atoms with van der Waals surface area (Å²) in [4.78, 5) is 37.9. The highest BCUT2D eigenvalue weighted by atomic mass is 32.2. The maximum Gasteiger partial charge on any atom is 0.408 e. The Morgan fingerprint density at radius 3 is 2.27 bits per heavy atom. The summed E-state index contributed by atoms with van der Waals surface area (Å²) in [6.07, 6.45) is 0.0295. The molecule has 168 valence electrons. The number of sulfone groups is 1. The third kappa shape index (κ3) is 10.8. The van der Waals surface area contributed by atoms with E-state index in [1.165, 1.54) is 7.05 Å². The first-order valence-electron chi connectivity index (χ1n) is 9.38. The summed E-state index contributed by atoms with van der Waals surface area (Å²) in [7, 11) is -1.99. The fraction of sp³-hybridized carbons (Fsp3) is 0.550. The second-order valence-electron chi connectivity index (χ2n) is 7.96. The highest BCUT2D eigenvalue weighted by Crippen LogP contribution is 2.09. The van der Waals surface area contributed by atoms with Crippen molar-refractivity contribution in [3.8, 4) is 0 Å². The number of hydrogen-bond acceptors (Lipinski definition) is 7. The Kier molecular flexibility index (Phi) is 9.28. The molecule has 1 aromatic rings. The summed E-state index contributed by atoms with van der Waals surface area (Å²) in [5.41, 5.74) is 0.0132. The van der Waals surface area contributed by atoms with E-state index < -0.39 is 39.4 Å². The summed E-state index contributed by atoms with van der Waals surface area (Å²) in [5, 5.41) is 2.39. The molecule has 0 bridgehead atoms. The largest absolute Gasteiger partial charge is 0.459 e. The molecule has 30 heavy (non-hydrogen) atoms. The number of rotatable bonds is 9.